The number of sulfonamides is 1. The van der Waals surface area contributed by atoms with Crippen molar-refractivity contribution in [3.63, 3.8) is 0 Å². The van der Waals surface area contributed by atoms with E-state index in [-0.39, 0.29) is 29.3 Å². The minimum absolute atomic E-state index is 0.146. The zero-order valence-electron chi connectivity index (χ0n) is 18.1. The average Bonchev–Trinajstić information content (AvgIpc) is 2.75. The number of piperidine rings is 1. The summed E-state index contributed by atoms with van der Waals surface area (Å²) in [6.45, 7) is 6.86. The maximum atomic E-state index is 12.9. The van der Waals surface area contributed by atoms with E-state index < -0.39 is 10.0 Å². The molecule has 1 aliphatic rings. The maximum absolute atomic E-state index is 12.9. The van der Waals surface area contributed by atoms with E-state index >= 15 is 0 Å². The molecule has 0 bridgehead atoms. The first-order valence-electron chi connectivity index (χ1n) is 10.4. The second kappa shape index (κ2) is 10.0. The second-order valence-corrected chi connectivity index (χ2v) is 10.5. The lowest BCUT2D eigenvalue weighted by Crippen LogP contribution is -2.48. The fourth-order valence-electron chi connectivity index (χ4n) is 3.56. The molecule has 0 aromatic heterocycles. The molecule has 2 atom stereocenters. The van der Waals surface area contributed by atoms with Crippen LogP contribution in [0.25, 0.3) is 0 Å². The van der Waals surface area contributed by atoms with E-state index in [4.69, 9.17) is 16.3 Å². The summed E-state index contributed by atoms with van der Waals surface area (Å²) >= 11 is 5.87. The van der Waals surface area contributed by atoms with Crippen molar-refractivity contribution in [1.29, 1.82) is 0 Å². The lowest BCUT2D eigenvalue weighted by atomic mass is 9.98. The standard InChI is InChI=1S/C23H29ClN2O4S/c1-16-6-9-21(13-17(16)2)30-15-18(3)25-23(27)19-5-4-12-26(14-19)31(28,29)22-10-7-20(24)8-11-22/h6-11,13,18-19H,4-5,12,14-15H2,1-3H3,(H,25,27). The van der Waals surface area contributed by atoms with E-state index in [0.29, 0.717) is 31.0 Å². The Bertz CT molecular complexity index is 1020. The van der Waals surface area contributed by atoms with E-state index in [9.17, 15) is 13.2 Å². The molecule has 1 amide bonds. The van der Waals surface area contributed by atoms with Crippen molar-refractivity contribution in [2.75, 3.05) is 19.7 Å². The number of benzene rings is 2. The number of aryl methyl sites for hydroxylation is 2. The van der Waals surface area contributed by atoms with Gasteiger partial charge in [0.15, 0.2) is 0 Å². The van der Waals surface area contributed by atoms with Gasteiger partial charge >= 0.3 is 0 Å². The topological polar surface area (TPSA) is 75.7 Å². The van der Waals surface area contributed by atoms with E-state index in [2.05, 4.69) is 5.32 Å². The molecule has 3 rings (SSSR count). The minimum atomic E-state index is -3.66. The van der Waals surface area contributed by atoms with Crippen LogP contribution in [-0.4, -0.2) is 44.4 Å². The molecule has 2 aromatic rings. The van der Waals surface area contributed by atoms with Gasteiger partial charge in [-0.15, -0.1) is 0 Å². The Kier molecular flexibility index (Phi) is 7.62. The van der Waals surface area contributed by atoms with E-state index in [1.165, 1.54) is 22.0 Å². The van der Waals surface area contributed by atoms with Crippen LogP contribution < -0.4 is 10.1 Å². The molecular formula is C23H29ClN2O4S. The van der Waals surface area contributed by atoms with E-state index in [1.54, 1.807) is 12.1 Å². The number of rotatable bonds is 7. The quantitative estimate of drug-likeness (QED) is 0.673. The fraction of sp³-hybridized carbons (Fsp3) is 0.435. The maximum Gasteiger partial charge on any atom is 0.243 e. The third-order valence-corrected chi connectivity index (χ3v) is 7.70. The highest BCUT2D eigenvalue weighted by Crippen LogP contribution is 2.25. The summed E-state index contributed by atoms with van der Waals surface area (Å²) in [6, 6.07) is 11.8. The van der Waals surface area contributed by atoms with Crippen molar-refractivity contribution in [2.24, 2.45) is 5.92 Å². The van der Waals surface area contributed by atoms with Crippen LogP contribution in [0.15, 0.2) is 47.4 Å². The lowest BCUT2D eigenvalue weighted by molar-refractivity contribution is -0.126. The molecule has 168 valence electrons. The van der Waals surface area contributed by atoms with Crippen LogP contribution in [0.2, 0.25) is 5.02 Å². The molecule has 31 heavy (non-hydrogen) atoms. The molecule has 2 unspecified atom stereocenters. The number of halogens is 1. The Morgan fingerprint density at radius 2 is 1.90 bits per heavy atom. The molecule has 0 aliphatic carbocycles. The van der Waals surface area contributed by atoms with Gasteiger partial charge in [0.1, 0.15) is 12.4 Å². The summed E-state index contributed by atoms with van der Waals surface area (Å²) in [7, 11) is -3.66. The number of hydrogen-bond donors (Lipinski definition) is 1. The van der Waals surface area contributed by atoms with Crippen LogP contribution >= 0.6 is 11.6 Å². The smallest absolute Gasteiger partial charge is 0.243 e. The molecular weight excluding hydrogens is 436 g/mol. The Morgan fingerprint density at radius 1 is 1.19 bits per heavy atom. The predicted octanol–water partition coefficient (Wildman–Crippen LogP) is 3.94. The van der Waals surface area contributed by atoms with Crippen molar-refractivity contribution in [1.82, 2.24) is 9.62 Å². The predicted molar refractivity (Wildman–Crippen MR) is 122 cm³/mol. The third kappa shape index (κ3) is 5.99. The first-order chi connectivity index (χ1) is 14.7. The van der Waals surface area contributed by atoms with Crippen LogP contribution in [0.4, 0.5) is 0 Å². The monoisotopic (exact) mass is 464 g/mol. The van der Waals surface area contributed by atoms with Gasteiger partial charge in [0, 0.05) is 18.1 Å². The molecule has 1 heterocycles. The fourth-order valence-corrected chi connectivity index (χ4v) is 5.21. The molecule has 0 spiro atoms. The van der Waals surface area contributed by atoms with Crippen molar-refractivity contribution in [3.8, 4) is 5.75 Å². The van der Waals surface area contributed by atoms with E-state index in [1.807, 2.05) is 39.0 Å². The number of hydrogen-bond acceptors (Lipinski definition) is 4. The van der Waals surface area contributed by atoms with Crippen LogP contribution in [0.1, 0.15) is 30.9 Å². The van der Waals surface area contributed by atoms with Crippen LogP contribution in [0.5, 0.6) is 5.75 Å². The normalized spacial score (nSPS) is 18.4. The molecule has 6 nitrogen and oxygen atoms in total. The second-order valence-electron chi connectivity index (χ2n) is 8.12. The van der Waals surface area contributed by atoms with Gasteiger partial charge in [-0.05, 0) is 81.1 Å². The van der Waals surface area contributed by atoms with Crippen molar-refractivity contribution in [3.05, 3.63) is 58.6 Å². The van der Waals surface area contributed by atoms with Gasteiger partial charge in [-0.1, -0.05) is 17.7 Å². The highest BCUT2D eigenvalue weighted by atomic mass is 35.5. The number of carbonyl (C=O) groups is 1. The number of amides is 1. The highest BCUT2D eigenvalue weighted by molar-refractivity contribution is 7.89. The Labute approximate surface area is 189 Å². The Balaban J connectivity index is 1.56. The molecule has 1 fully saturated rings. The SMILES string of the molecule is Cc1ccc(OCC(C)NC(=O)C2CCCN(S(=O)(=O)c3ccc(Cl)cc3)C2)cc1C. The van der Waals surface area contributed by atoms with Gasteiger partial charge in [0.05, 0.1) is 16.9 Å². The van der Waals surface area contributed by atoms with Crippen molar-refractivity contribution in [2.45, 2.75) is 44.6 Å². The summed E-state index contributed by atoms with van der Waals surface area (Å²) in [5.74, 6) is 0.231. The van der Waals surface area contributed by atoms with Gasteiger partial charge in [-0.2, -0.15) is 4.31 Å². The van der Waals surface area contributed by atoms with Gasteiger partial charge in [0.25, 0.3) is 0 Å². The largest absolute Gasteiger partial charge is 0.491 e. The summed E-state index contributed by atoms with van der Waals surface area (Å²) in [4.78, 5) is 13.0. The summed E-state index contributed by atoms with van der Waals surface area (Å²) < 4.78 is 33.1. The van der Waals surface area contributed by atoms with Crippen LogP contribution in [0.3, 0.4) is 0 Å². The number of nitrogens with zero attached hydrogens (tertiary/aromatic N) is 1. The molecule has 0 saturated carbocycles. The number of ether oxygens (including phenoxy) is 1. The first-order valence-corrected chi connectivity index (χ1v) is 12.2. The van der Waals surface area contributed by atoms with Crippen LogP contribution in [0, 0.1) is 19.8 Å². The lowest BCUT2D eigenvalue weighted by Gasteiger charge is -2.31. The third-order valence-electron chi connectivity index (χ3n) is 5.57. The molecule has 8 heteroatoms. The molecule has 1 N–H and O–H groups in total. The van der Waals surface area contributed by atoms with Gasteiger partial charge < -0.3 is 10.1 Å². The zero-order valence-corrected chi connectivity index (χ0v) is 19.7. The summed E-state index contributed by atoms with van der Waals surface area (Å²) in [5.41, 5.74) is 2.35. The van der Waals surface area contributed by atoms with Crippen molar-refractivity contribution >= 4 is 27.5 Å². The number of nitrogens with one attached hydrogen (secondary N) is 1. The highest BCUT2D eigenvalue weighted by Gasteiger charge is 2.33. The van der Waals surface area contributed by atoms with Gasteiger partial charge in [-0.3, -0.25) is 4.79 Å². The minimum Gasteiger partial charge on any atom is -0.491 e. The molecule has 1 saturated heterocycles. The Hall–Kier alpha value is -2.09. The average molecular weight is 465 g/mol. The van der Waals surface area contributed by atoms with Crippen LogP contribution in [-0.2, 0) is 14.8 Å². The Morgan fingerprint density at radius 3 is 2.58 bits per heavy atom. The first kappa shape index (κ1) is 23.6. The van der Waals surface area contributed by atoms with Gasteiger partial charge in [-0.25, -0.2) is 8.42 Å². The van der Waals surface area contributed by atoms with E-state index in [0.717, 1.165) is 11.3 Å². The summed E-state index contributed by atoms with van der Waals surface area (Å²) in [5, 5.41) is 3.44. The van der Waals surface area contributed by atoms with Gasteiger partial charge in [0.2, 0.25) is 15.9 Å². The number of carbonyl (C=O) groups excluding carboxylic acids is 1. The molecule has 1 aliphatic heterocycles. The molecule has 0 radical (unpaired) electrons. The molecule has 2 aromatic carbocycles. The summed E-state index contributed by atoms with van der Waals surface area (Å²) in [6.07, 6.45) is 1.29. The zero-order chi connectivity index (χ0) is 22.6. The van der Waals surface area contributed by atoms with Crippen molar-refractivity contribution < 1.29 is 17.9 Å².